The van der Waals surface area contributed by atoms with E-state index in [2.05, 4.69) is 20.6 Å². The molecular formula is C8H14N4O. The monoisotopic (exact) mass is 182 g/mol. The molecule has 0 aliphatic heterocycles. The molecule has 0 saturated heterocycles. The van der Waals surface area contributed by atoms with Gasteiger partial charge in [-0.15, -0.1) is 0 Å². The van der Waals surface area contributed by atoms with Gasteiger partial charge in [0.15, 0.2) is 0 Å². The van der Waals surface area contributed by atoms with Gasteiger partial charge in [-0.3, -0.25) is 0 Å². The Morgan fingerprint density at radius 3 is 3.08 bits per heavy atom. The number of nitrogens with zero attached hydrogens (tertiary/aromatic N) is 1. The number of rotatable bonds is 4. The van der Waals surface area contributed by atoms with Gasteiger partial charge in [0.05, 0.1) is 6.33 Å². The number of carbonyl (C=O) groups is 1. The summed E-state index contributed by atoms with van der Waals surface area (Å²) in [5, 5.41) is 5.37. The number of H-pyrrole nitrogens is 1. The molecule has 5 nitrogen and oxygen atoms in total. The predicted octanol–water partition coefficient (Wildman–Crippen LogP) is 0.271. The van der Waals surface area contributed by atoms with E-state index in [0.29, 0.717) is 13.1 Å². The molecule has 0 aliphatic carbocycles. The number of urea groups is 1. The van der Waals surface area contributed by atoms with Crippen molar-refractivity contribution < 1.29 is 4.79 Å². The SMILES string of the molecule is CCNC(=O)NCCc1cnc[nH]1. The van der Waals surface area contributed by atoms with Crippen LogP contribution in [0.5, 0.6) is 0 Å². The van der Waals surface area contributed by atoms with Crippen LogP contribution in [0.1, 0.15) is 12.6 Å². The van der Waals surface area contributed by atoms with E-state index in [1.807, 2.05) is 6.92 Å². The maximum Gasteiger partial charge on any atom is 0.314 e. The van der Waals surface area contributed by atoms with E-state index >= 15 is 0 Å². The van der Waals surface area contributed by atoms with E-state index in [4.69, 9.17) is 0 Å². The number of amides is 2. The molecule has 1 aromatic rings. The summed E-state index contributed by atoms with van der Waals surface area (Å²) in [6.45, 7) is 3.15. The van der Waals surface area contributed by atoms with Crippen molar-refractivity contribution in [2.45, 2.75) is 13.3 Å². The Morgan fingerprint density at radius 1 is 1.62 bits per heavy atom. The van der Waals surface area contributed by atoms with Crippen LogP contribution < -0.4 is 10.6 Å². The molecule has 0 unspecified atom stereocenters. The molecule has 0 saturated carbocycles. The number of aromatic nitrogens is 2. The number of imidazole rings is 1. The van der Waals surface area contributed by atoms with Crippen LogP contribution in [0.3, 0.4) is 0 Å². The number of hydrogen-bond acceptors (Lipinski definition) is 2. The molecular weight excluding hydrogens is 168 g/mol. The third-order valence-corrected chi connectivity index (χ3v) is 1.57. The van der Waals surface area contributed by atoms with Crippen molar-refractivity contribution in [3.8, 4) is 0 Å². The maximum atomic E-state index is 10.9. The minimum absolute atomic E-state index is 0.123. The van der Waals surface area contributed by atoms with Gasteiger partial charge in [-0.05, 0) is 6.92 Å². The predicted molar refractivity (Wildman–Crippen MR) is 49.4 cm³/mol. The second-order valence-electron chi connectivity index (χ2n) is 2.61. The molecule has 2 amide bonds. The summed E-state index contributed by atoms with van der Waals surface area (Å²) < 4.78 is 0. The van der Waals surface area contributed by atoms with Crippen molar-refractivity contribution in [1.29, 1.82) is 0 Å². The number of nitrogens with one attached hydrogen (secondary N) is 3. The van der Waals surface area contributed by atoms with Crippen LogP contribution in [0.4, 0.5) is 4.79 Å². The molecule has 13 heavy (non-hydrogen) atoms. The van der Waals surface area contributed by atoms with Crippen molar-refractivity contribution in [2.75, 3.05) is 13.1 Å². The lowest BCUT2D eigenvalue weighted by molar-refractivity contribution is 0.241. The summed E-state index contributed by atoms with van der Waals surface area (Å²) in [5.41, 5.74) is 1.02. The Bertz CT molecular complexity index is 245. The van der Waals surface area contributed by atoms with Crippen LogP contribution in [0.15, 0.2) is 12.5 Å². The van der Waals surface area contributed by atoms with E-state index in [-0.39, 0.29) is 6.03 Å². The second kappa shape index (κ2) is 5.18. The molecule has 3 N–H and O–H groups in total. The number of carbonyl (C=O) groups excluding carboxylic acids is 1. The lowest BCUT2D eigenvalue weighted by atomic mass is 10.3. The third-order valence-electron chi connectivity index (χ3n) is 1.57. The number of hydrogen-bond donors (Lipinski definition) is 3. The minimum Gasteiger partial charge on any atom is -0.348 e. The first-order chi connectivity index (χ1) is 6.33. The Kier molecular flexibility index (Phi) is 3.81. The Morgan fingerprint density at radius 2 is 2.46 bits per heavy atom. The van der Waals surface area contributed by atoms with Crippen molar-refractivity contribution in [1.82, 2.24) is 20.6 Å². The summed E-state index contributed by atoms with van der Waals surface area (Å²) >= 11 is 0. The average molecular weight is 182 g/mol. The lowest BCUT2D eigenvalue weighted by Crippen LogP contribution is -2.36. The molecule has 0 bridgehead atoms. The zero-order valence-electron chi connectivity index (χ0n) is 7.63. The zero-order chi connectivity index (χ0) is 9.52. The Labute approximate surface area is 76.9 Å². The molecule has 1 heterocycles. The van der Waals surface area contributed by atoms with E-state index in [0.717, 1.165) is 12.1 Å². The Balaban J connectivity index is 2.11. The normalized spacial score (nSPS) is 9.62. The first-order valence-electron chi connectivity index (χ1n) is 4.32. The van der Waals surface area contributed by atoms with Crippen molar-refractivity contribution in [2.24, 2.45) is 0 Å². The highest BCUT2D eigenvalue weighted by Crippen LogP contribution is 1.89. The second-order valence-corrected chi connectivity index (χ2v) is 2.61. The van der Waals surface area contributed by atoms with Gasteiger partial charge >= 0.3 is 6.03 Å². The van der Waals surface area contributed by atoms with E-state index < -0.39 is 0 Å². The van der Waals surface area contributed by atoms with Gasteiger partial charge < -0.3 is 15.6 Å². The summed E-state index contributed by atoms with van der Waals surface area (Å²) in [4.78, 5) is 17.8. The molecule has 0 fully saturated rings. The molecule has 72 valence electrons. The molecule has 0 atom stereocenters. The van der Waals surface area contributed by atoms with E-state index in [1.54, 1.807) is 12.5 Å². The van der Waals surface area contributed by atoms with Gasteiger partial charge in [-0.25, -0.2) is 9.78 Å². The largest absolute Gasteiger partial charge is 0.348 e. The standard InChI is InChI=1S/C8H14N4O/c1-2-10-8(13)11-4-3-7-5-9-6-12-7/h5-6H,2-4H2,1H3,(H,9,12)(H2,10,11,13). The zero-order valence-corrected chi connectivity index (χ0v) is 7.63. The van der Waals surface area contributed by atoms with Crippen LogP contribution in [-0.2, 0) is 6.42 Å². The maximum absolute atomic E-state index is 10.9. The highest BCUT2D eigenvalue weighted by molar-refractivity contribution is 5.73. The third kappa shape index (κ3) is 3.59. The smallest absolute Gasteiger partial charge is 0.314 e. The Hall–Kier alpha value is -1.52. The molecule has 0 spiro atoms. The first-order valence-corrected chi connectivity index (χ1v) is 4.32. The molecule has 0 aromatic carbocycles. The van der Waals surface area contributed by atoms with Crippen LogP contribution in [0.2, 0.25) is 0 Å². The number of aromatic amines is 1. The molecule has 5 heteroatoms. The van der Waals surface area contributed by atoms with E-state index in [9.17, 15) is 4.79 Å². The summed E-state index contributed by atoms with van der Waals surface area (Å²) in [7, 11) is 0. The average Bonchev–Trinajstić information content (AvgIpc) is 2.57. The van der Waals surface area contributed by atoms with Crippen molar-refractivity contribution >= 4 is 6.03 Å². The fraction of sp³-hybridized carbons (Fsp3) is 0.500. The van der Waals surface area contributed by atoms with Crippen molar-refractivity contribution in [3.63, 3.8) is 0 Å². The van der Waals surface area contributed by atoms with Crippen molar-refractivity contribution in [3.05, 3.63) is 18.2 Å². The van der Waals surface area contributed by atoms with Gasteiger partial charge in [-0.2, -0.15) is 0 Å². The van der Waals surface area contributed by atoms with Gasteiger partial charge in [0.2, 0.25) is 0 Å². The fourth-order valence-corrected chi connectivity index (χ4v) is 0.955. The van der Waals surface area contributed by atoms with Crippen LogP contribution in [0, 0.1) is 0 Å². The lowest BCUT2D eigenvalue weighted by Gasteiger charge is -2.03. The van der Waals surface area contributed by atoms with Crippen LogP contribution in [-0.4, -0.2) is 29.1 Å². The van der Waals surface area contributed by atoms with Gasteiger partial charge in [0.25, 0.3) is 0 Å². The van der Waals surface area contributed by atoms with Gasteiger partial charge in [0, 0.05) is 31.4 Å². The highest BCUT2D eigenvalue weighted by atomic mass is 16.2. The van der Waals surface area contributed by atoms with Crippen LogP contribution >= 0.6 is 0 Å². The fourth-order valence-electron chi connectivity index (χ4n) is 0.955. The first kappa shape index (κ1) is 9.57. The molecule has 0 aliphatic rings. The molecule has 1 rings (SSSR count). The topological polar surface area (TPSA) is 69.8 Å². The minimum atomic E-state index is -0.123. The summed E-state index contributed by atoms with van der Waals surface area (Å²) in [6, 6.07) is -0.123. The summed E-state index contributed by atoms with van der Waals surface area (Å²) in [6.07, 6.45) is 4.15. The van der Waals surface area contributed by atoms with Gasteiger partial charge in [0.1, 0.15) is 0 Å². The van der Waals surface area contributed by atoms with E-state index in [1.165, 1.54) is 0 Å². The molecule has 0 radical (unpaired) electrons. The van der Waals surface area contributed by atoms with Gasteiger partial charge in [-0.1, -0.05) is 0 Å². The summed E-state index contributed by atoms with van der Waals surface area (Å²) in [5.74, 6) is 0. The highest BCUT2D eigenvalue weighted by Gasteiger charge is 1.97. The quantitative estimate of drug-likeness (QED) is 0.625. The molecule has 1 aromatic heterocycles. The van der Waals surface area contributed by atoms with Crippen LogP contribution in [0.25, 0.3) is 0 Å².